The van der Waals surface area contributed by atoms with Crippen LogP contribution in [-0.2, 0) is 4.74 Å². The topological polar surface area (TPSA) is 150 Å². The summed E-state index contributed by atoms with van der Waals surface area (Å²) >= 11 is 0. The van der Waals surface area contributed by atoms with Crippen LogP contribution in [0.5, 0.6) is 0 Å². The number of ether oxygens (including phenoxy) is 1. The Bertz CT molecular complexity index is 422. The first-order chi connectivity index (χ1) is 8.04. The Morgan fingerprint density at radius 1 is 1.53 bits per heavy atom. The quantitative estimate of drug-likeness (QED) is 0.283. The van der Waals surface area contributed by atoms with Gasteiger partial charge in [0, 0.05) is 0 Å². The first-order valence-electron chi connectivity index (χ1n) is 4.92. The number of amidine groups is 1. The van der Waals surface area contributed by atoms with Gasteiger partial charge in [0.1, 0.15) is 24.6 Å². The van der Waals surface area contributed by atoms with Gasteiger partial charge in [-0.15, -0.1) is 5.10 Å². The van der Waals surface area contributed by atoms with E-state index in [1.807, 2.05) is 0 Å². The average Bonchev–Trinajstić information content (AvgIpc) is 2.87. The zero-order chi connectivity index (χ0) is 12.6. The van der Waals surface area contributed by atoms with E-state index in [0.717, 1.165) is 4.68 Å². The number of nitrogens with two attached hydrogens (primary N) is 1. The van der Waals surface area contributed by atoms with Crippen molar-refractivity contribution in [1.82, 2.24) is 14.8 Å². The largest absolute Gasteiger partial charge is 0.394 e. The van der Waals surface area contributed by atoms with Crippen LogP contribution in [0.25, 0.3) is 0 Å². The van der Waals surface area contributed by atoms with E-state index in [4.69, 9.17) is 21.0 Å². The first kappa shape index (κ1) is 11.9. The first-order valence-corrected chi connectivity index (χ1v) is 4.92. The Morgan fingerprint density at radius 3 is 2.71 bits per heavy atom. The minimum atomic E-state index is -1.23. The smallest absolute Gasteiger partial charge is 0.215 e. The normalized spacial score (nSPS) is 32.9. The lowest BCUT2D eigenvalue weighted by molar-refractivity contribution is -0.0588. The second-order valence-electron chi connectivity index (χ2n) is 3.69. The molecule has 0 saturated carbocycles. The highest BCUT2D eigenvalue weighted by atomic mass is 16.6. The van der Waals surface area contributed by atoms with Gasteiger partial charge in [0.2, 0.25) is 5.82 Å². The van der Waals surface area contributed by atoms with Crippen molar-refractivity contribution < 1.29 is 20.1 Å². The molecule has 2 rings (SSSR count). The van der Waals surface area contributed by atoms with Crippen LogP contribution < -0.4 is 5.73 Å². The van der Waals surface area contributed by atoms with Gasteiger partial charge in [-0.3, -0.25) is 5.41 Å². The molecular formula is C8H13N5O4. The molecule has 1 aromatic heterocycles. The second kappa shape index (κ2) is 4.37. The molecule has 0 amide bonds. The summed E-state index contributed by atoms with van der Waals surface area (Å²) in [5.41, 5.74) is 5.19. The van der Waals surface area contributed by atoms with Crippen molar-refractivity contribution in [3.63, 3.8) is 0 Å². The maximum Gasteiger partial charge on any atom is 0.215 e. The van der Waals surface area contributed by atoms with Crippen molar-refractivity contribution in [3.8, 4) is 0 Å². The summed E-state index contributed by atoms with van der Waals surface area (Å²) in [6.45, 7) is -0.414. The van der Waals surface area contributed by atoms with E-state index in [1.54, 1.807) is 0 Å². The molecule has 1 aliphatic heterocycles. The molecule has 1 aromatic rings. The number of rotatable bonds is 3. The van der Waals surface area contributed by atoms with Crippen LogP contribution in [0.3, 0.4) is 0 Å². The lowest BCUT2D eigenvalue weighted by Crippen LogP contribution is -2.33. The number of nitrogens with zero attached hydrogens (tertiary/aromatic N) is 3. The molecule has 94 valence electrons. The van der Waals surface area contributed by atoms with Crippen LogP contribution in [0, 0.1) is 5.41 Å². The summed E-state index contributed by atoms with van der Waals surface area (Å²) in [5, 5.41) is 39.1. The highest BCUT2D eigenvalue weighted by Gasteiger charge is 2.43. The predicted octanol–water partition coefficient (Wildman–Crippen LogP) is -2.83. The third kappa shape index (κ3) is 2.00. The predicted molar refractivity (Wildman–Crippen MR) is 54.0 cm³/mol. The van der Waals surface area contributed by atoms with Gasteiger partial charge in [-0.05, 0) is 0 Å². The molecule has 0 bridgehead atoms. The minimum absolute atomic E-state index is 0.00254. The lowest BCUT2D eigenvalue weighted by Gasteiger charge is -2.13. The fraction of sp³-hybridized carbons (Fsp3) is 0.625. The summed E-state index contributed by atoms with van der Waals surface area (Å²) in [6, 6.07) is 0. The van der Waals surface area contributed by atoms with Crippen LogP contribution in [0.4, 0.5) is 0 Å². The number of nitrogens with one attached hydrogen (secondary N) is 1. The molecule has 1 saturated heterocycles. The number of aromatic nitrogens is 3. The lowest BCUT2D eigenvalue weighted by atomic mass is 10.1. The molecule has 6 N–H and O–H groups in total. The number of hydrogen-bond acceptors (Lipinski definition) is 7. The molecule has 2 heterocycles. The molecule has 0 aromatic carbocycles. The highest BCUT2D eigenvalue weighted by Crippen LogP contribution is 2.28. The van der Waals surface area contributed by atoms with Gasteiger partial charge in [0.25, 0.3) is 0 Å². The third-order valence-corrected chi connectivity index (χ3v) is 2.53. The van der Waals surface area contributed by atoms with E-state index in [1.165, 1.54) is 6.33 Å². The molecule has 9 nitrogen and oxygen atoms in total. The molecule has 4 atom stereocenters. The molecule has 1 aliphatic rings. The molecule has 0 spiro atoms. The van der Waals surface area contributed by atoms with E-state index in [9.17, 15) is 10.2 Å². The maximum absolute atomic E-state index is 9.70. The van der Waals surface area contributed by atoms with Crippen molar-refractivity contribution >= 4 is 5.84 Å². The standard InChI is InChI=1S/C8H13N5O4/c9-6(10)7-11-2-13(12-7)8-5(16)4(15)3(1-14)17-8/h2-5,8,14-16H,1H2,(H3,9,10)/t3?,4?,5-,8?/m0/s1. The van der Waals surface area contributed by atoms with Crippen LogP contribution in [0.2, 0.25) is 0 Å². The Morgan fingerprint density at radius 2 is 2.24 bits per heavy atom. The van der Waals surface area contributed by atoms with Crippen molar-refractivity contribution in [2.24, 2.45) is 5.73 Å². The third-order valence-electron chi connectivity index (χ3n) is 2.53. The number of nitrogen functional groups attached to an aromatic ring is 1. The zero-order valence-electron chi connectivity index (χ0n) is 8.76. The Balaban J connectivity index is 2.19. The van der Waals surface area contributed by atoms with E-state index in [2.05, 4.69) is 10.1 Å². The average molecular weight is 243 g/mol. The second-order valence-corrected chi connectivity index (χ2v) is 3.69. The summed E-state index contributed by atoms with van der Waals surface area (Å²) in [4.78, 5) is 3.74. The van der Waals surface area contributed by atoms with Crippen LogP contribution >= 0.6 is 0 Å². The van der Waals surface area contributed by atoms with Gasteiger partial charge in [0.05, 0.1) is 6.61 Å². The molecule has 1 fully saturated rings. The van der Waals surface area contributed by atoms with Crippen molar-refractivity contribution in [2.75, 3.05) is 6.61 Å². The Hall–Kier alpha value is -1.55. The highest BCUT2D eigenvalue weighted by molar-refractivity contribution is 5.90. The number of aliphatic hydroxyl groups is 3. The zero-order valence-corrected chi connectivity index (χ0v) is 8.76. The SMILES string of the molecule is N=C(N)c1ncn(C2OC(CO)C(O)[C@@H]2O)n1. The molecule has 0 radical (unpaired) electrons. The van der Waals surface area contributed by atoms with Crippen molar-refractivity contribution in [1.29, 1.82) is 5.41 Å². The van der Waals surface area contributed by atoms with Crippen LogP contribution in [0.15, 0.2) is 6.33 Å². The fourth-order valence-corrected chi connectivity index (χ4v) is 1.62. The van der Waals surface area contributed by atoms with Crippen molar-refractivity contribution in [3.05, 3.63) is 12.2 Å². The van der Waals surface area contributed by atoms with Gasteiger partial charge in [0.15, 0.2) is 12.1 Å². The summed E-state index contributed by atoms with van der Waals surface area (Å²) in [6.07, 6.45) is -3.02. The summed E-state index contributed by atoms with van der Waals surface area (Å²) in [7, 11) is 0. The Kier molecular flexibility index (Phi) is 3.07. The molecule has 17 heavy (non-hydrogen) atoms. The molecule has 9 heteroatoms. The molecule has 0 aliphatic carbocycles. The van der Waals surface area contributed by atoms with Gasteiger partial charge >= 0.3 is 0 Å². The number of hydrogen-bond donors (Lipinski definition) is 5. The van der Waals surface area contributed by atoms with Gasteiger partial charge in [-0.25, -0.2) is 9.67 Å². The van der Waals surface area contributed by atoms with Gasteiger partial charge in [-0.1, -0.05) is 0 Å². The summed E-state index contributed by atoms with van der Waals surface area (Å²) in [5.74, 6) is -0.307. The molecular weight excluding hydrogens is 230 g/mol. The van der Waals surface area contributed by atoms with E-state index >= 15 is 0 Å². The summed E-state index contributed by atoms with van der Waals surface area (Å²) < 4.78 is 6.37. The maximum atomic E-state index is 9.70. The van der Waals surface area contributed by atoms with Gasteiger partial charge in [-0.2, -0.15) is 0 Å². The monoisotopic (exact) mass is 243 g/mol. The minimum Gasteiger partial charge on any atom is -0.394 e. The van der Waals surface area contributed by atoms with Crippen LogP contribution in [-0.4, -0.2) is 60.8 Å². The molecule has 3 unspecified atom stereocenters. The van der Waals surface area contributed by atoms with Crippen LogP contribution in [0.1, 0.15) is 12.1 Å². The van der Waals surface area contributed by atoms with Crippen molar-refractivity contribution in [2.45, 2.75) is 24.5 Å². The fourth-order valence-electron chi connectivity index (χ4n) is 1.62. The van der Waals surface area contributed by atoms with Gasteiger partial charge < -0.3 is 25.8 Å². The Labute approximate surface area is 96.0 Å². The van der Waals surface area contributed by atoms with E-state index in [-0.39, 0.29) is 11.7 Å². The number of aliphatic hydroxyl groups excluding tert-OH is 3. The van der Waals surface area contributed by atoms with E-state index in [0.29, 0.717) is 0 Å². The van der Waals surface area contributed by atoms with E-state index < -0.39 is 31.1 Å².